The van der Waals surface area contributed by atoms with Gasteiger partial charge < -0.3 is 16.4 Å². The Morgan fingerprint density at radius 3 is 2.90 bits per heavy atom. The third kappa shape index (κ3) is 4.05. The largest absolute Gasteiger partial charge is 0.382 e. The van der Waals surface area contributed by atoms with Gasteiger partial charge in [0.2, 0.25) is 5.91 Å². The van der Waals surface area contributed by atoms with Crippen molar-refractivity contribution in [2.24, 2.45) is 0 Å². The number of carbonyl (C=O) groups is 1. The van der Waals surface area contributed by atoms with Crippen LogP contribution in [-0.2, 0) is 4.79 Å². The molecular formula is C13H13BrClN5O. The summed E-state index contributed by atoms with van der Waals surface area (Å²) in [6, 6.07) is 5.56. The summed E-state index contributed by atoms with van der Waals surface area (Å²) in [6.07, 6.45) is 1.28. The predicted octanol–water partition coefficient (Wildman–Crippen LogP) is 2.83. The first kappa shape index (κ1) is 15.5. The molecule has 0 saturated heterocycles. The van der Waals surface area contributed by atoms with Crippen LogP contribution in [0, 0.1) is 6.92 Å². The van der Waals surface area contributed by atoms with Crippen LogP contribution in [-0.4, -0.2) is 22.4 Å². The van der Waals surface area contributed by atoms with Crippen molar-refractivity contribution in [3.8, 4) is 0 Å². The van der Waals surface area contributed by atoms with Crippen molar-refractivity contribution >= 4 is 50.8 Å². The van der Waals surface area contributed by atoms with Gasteiger partial charge in [-0.25, -0.2) is 9.97 Å². The van der Waals surface area contributed by atoms with E-state index in [2.05, 4.69) is 36.5 Å². The highest BCUT2D eigenvalue weighted by atomic mass is 79.9. The first-order valence-electron chi connectivity index (χ1n) is 6.03. The van der Waals surface area contributed by atoms with Crippen LogP contribution >= 0.6 is 27.5 Å². The van der Waals surface area contributed by atoms with E-state index in [4.69, 9.17) is 17.3 Å². The summed E-state index contributed by atoms with van der Waals surface area (Å²) in [5.74, 6) is 0.273. The summed E-state index contributed by atoms with van der Waals surface area (Å²) in [7, 11) is 0. The highest BCUT2D eigenvalue weighted by molar-refractivity contribution is 9.10. The molecule has 2 aromatic rings. The molecule has 8 heteroatoms. The minimum Gasteiger partial charge on any atom is -0.382 e. The lowest BCUT2D eigenvalue weighted by Gasteiger charge is -2.09. The number of rotatable bonds is 4. The molecule has 0 atom stereocenters. The molecule has 0 radical (unpaired) electrons. The lowest BCUT2D eigenvalue weighted by molar-refractivity contribution is -0.114. The van der Waals surface area contributed by atoms with Gasteiger partial charge in [-0.1, -0.05) is 27.5 Å². The number of carbonyl (C=O) groups excluding carboxylic acids is 1. The second-order valence-electron chi connectivity index (χ2n) is 4.29. The number of nitrogens with two attached hydrogens (primary N) is 1. The summed E-state index contributed by atoms with van der Waals surface area (Å²) < 4.78 is 0.988. The Kier molecular flexibility index (Phi) is 4.98. The fourth-order valence-electron chi connectivity index (χ4n) is 1.60. The molecule has 0 bridgehead atoms. The zero-order valence-corrected chi connectivity index (χ0v) is 13.5. The first-order chi connectivity index (χ1) is 9.97. The van der Waals surface area contributed by atoms with E-state index >= 15 is 0 Å². The molecule has 6 nitrogen and oxygen atoms in total. The van der Waals surface area contributed by atoms with Crippen molar-refractivity contribution in [1.82, 2.24) is 9.97 Å². The standard InChI is InChI=1S/C13H13BrClN5O/c1-7-4-8(2-3-9(7)14)20-10(21)5-17-13-11(15)12(16)18-6-19-13/h2-4,6H,5H2,1H3,(H,20,21)(H3,16,17,18,19). The Morgan fingerprint density at radius 1 is 1.43 bits per heavy atom. The number of hydrogen-bond acceptors (Lipinski definition) is 5. The van der Waals surface area contributed by atoms with E-state index in [1.165, 1.54) is 6.33 Å². The van der Waals surface area contributed by atoms with Crippen molar-refractivity contribution in [2.45, 2.75) is 6.92 Å². The van der Waals surface area contributed by atoms with Crippen molar-refractivity contribution in [1.29, 1.82) is 0 Å². The van der Waals surface area contributed by atoms with Crippen LogP contribution in [0.3, 0.4) is 0 Å². The number of aryl methyl sites for hydroxylation is 1. The van der Waals surface area contributed by atoms with E-state index in [-0.39, 0.29) is 23.3 Å². The molecule has 1 aromatic carbocycles. The van der Waals surface area contributed by atoms with Crippen LogP contribution in [0.15, 0.2) is 29.0 Å². The van der Waals surface area contributed by atoms with E-state index < -0.39 is 0 Å². The van der Waals surface area contributed by atoms with E-state index in [0.717, 1.165) is 15.7 Å². The molecule has 0 saturated carbocycles. The van der Waals surface area contributed by atoms with Gasteiger partial charge in [0.15, 0.2) is 5.82 Å². The molecule has 110 valence electrons. The fraction of sp³-hybridized carbons (Fsp3) is 0.154. The van der Waals surface area contributed by atoms with Gasteiger partial charge >= 0.3 is 0 Å². The average molecular weight is 371 g/mol. The Morgan fingerprint density at radius 2 is 2.19 bits per heavy atom. The minimum atomic E-state index is -0.218. The molecular weight excluding hydrogens is 358 g/mol. The number of nitrogens with zero attached hydrogens (tertiary/aromatic N) is 2. The fourth-order valence-corrected chi connectivity index (χ4v) is 2.01. The van der Waals surface area contributed by atoms with Crippen LogP contribution in [0.2, 0.25) is 5.02 Å². The van der Waals surface area contributed by atoms with E-state index in [1.54, 1.807) is 0 Å². The summed E-state index contributed by atoms with van der Waals surface area (Å²) >= 11 is 9.33. The van der Waals surface area contributed by atoms with Crippen LogP contribution in [0.25, 0.3) is 0 Å². The third-order valence-corrected chi connectivity index (χ3v) is 3.94. The molecule has 0 aliphatic heterocycles. The zero-order chi connectivity index (χ0) is 15.4. The maximum absolute atomic E-state index is 11.9. The number of amides is 1. The van der Waals surface area contributed by atoms with Gasteiger partial charge in [-0.2, -0.15) is 0 Å². The number of halogens is 2. The quantitative estimate of drug-likeness (QED) is 0.769. The van der Waals surface area contributed by atoms with Crippen LogP contribution in [0.5, 0.6) is 0 Å². The van der Waals surface area contributed by atoms with Gasteiger partial charge in [0, 0.05) is 10.2 Å². The predicted molar refractivity (Wildman–Crippen MR) is 87.5 cm³/mol. The summed E-state index contributed by atoms with van der Waals surface area (Å²) in [4.78, 5) is 19.5. The Bertz CT molecular complexity index is 680. The monoisotopic (exact) mass is 369 g/mol. The van der Waals surface area contributed by atoms with Gasteiger partial charge in [0.1, 0.15) is 17.2 Å². The number of nitrogen functional groups attached to an aromatic ring is 1. The van der Waals surface area contributed by atoms with E-state index in [1.807, 2.05) is 25.1 Å². The SMILES string of the molecule is Cc1cc(NC(=O)CNc2ncnc(N)c2Cl)ccc1Br. The maximum Gasteiger partial charge on any atom is 0.243 e. The average Bonchev–Trinajstić information content (AvgIpc) is 2.44. The minimum absolute atomic E-state index is 0.0191. The summed E-state index contributed by atoms with van der Waals surface area (Å²) in [6.45, 7) is 1.96. The molecule has 1 aromatic heterocycles. The first-order valence-corrected chi connectivity index (χ1v) is 7.20. The number of hydrogen-bond donors (Lipinski definition) is 3. The summed E-state index contributed by atoms with van der Waals surface area (Å²) in [5.41, 5.74) is 7.31. The highest BCUT2D eigenvalue weighted by Crippen LogP contribution is 2.23. The van der Waals surface area contributed by atoms with E-state index in [9.17, 15) is 4.79 Å². The van der Waals surface area contributed by atoms with E-state index in [0.29, 0.717) is 5.82 Å². The van der Waals surface area contributed by atoms with Crippen LogP contribution in [0.4, 0.5) is 17.3 Å². The number of anilines is 3. The molecule has 4 N–H and O–H groups in total. The highest BCUT2D eigenvalue weighted by Gasteiger charge is 2.08. The lowest BCUT2D eigenvalue weighted by atomic mass is 10.2. The van der Waals surface area contributed by atoms with Crippen molar-refractivity contribution in [3.63, 3.8) is 0 Å². The Balaban J connectivity index is 1.96. The number of aromatic nitrogens is 2. The lowest BCUT2D eigenvalue weighted by Crippen LogP contribution is -2.22. The molecule has 2 rings (SSSR count). The van der Waals surface area contributed by atoms with Gasteiger partial charge in [-0.05, 0) is 30.7 Å². The Labute approximate surface area is 135 Å². The van der Waals surface area contributed by atoms with Crippen molar-refractivity contribution in [2.75, 3.05) is 22.9 Å². The smallest absolute Gasteiger partial charge is 0.243 e. The molecule has 0 fully saturated rings. The normalized spacial score (nSPS) is 10.2. The van der Waals surface area contributed by atoms with Gasteiger partial charge in [0.25, 0.3) is 0 Å². The van der Waals surface area contributed by atoms with Crippen LogP contribution < -0.4 is 16.4 Å². The maximum atomic E-state index is 11.9. The topological polar surface area (TPSA) is 92.9 Å². The van der Waals surface area contributed by atoms with Crippen LogP contribution in [0.1, 0.15) is 5.56 Å². The third-order valence-electron chi connectivity index (χ3n) is 2.67. The molecule has 0 spiro atoms. The molecule has 0 unspecified atom stereocenters. The molecule has 21 heavy (non-hydrogen) atoms. The second kappa shape index (κ2) is 6.73. The summed E-state index contributed by atoms with van der Waals surface area (Å²) in [5, 5.41) is 5.79. The second-order valence-corrected chi connectivity index (χ2v) is 5.52. The van der Waals surface area contributed by atoms with Gasteiger partial charge in [0.05, 0.1) is 6.54 Å². The molecule has 0 aliphatic rings. The zero-order valence-electron chi connectivity index (χ0n) is 11.2. The molecule has 0 aliphatic carbocycles. The number of benzene rings is 1. The van der Waals surface area contributed by atoms with Crippen molar-refractivity contribution in [3.05, 3.63) is 39.6 Å². The Hall–Kier alpha value is -1.86. The van der Waals surface area contributed by atoms with Gasteiger partial charge in [-0.3, -0.25) is 4.79 Å². The van der Waals surface area contributed by atoms with Gasteiger partial charge in [-0.15, -0.1) is 0 Å². The molecule has 1 heterocycles. The van der Waals surface area contributed by atoms with Crippen molar-refractivity contribution < 1.29 is 4.79 Å². The number of nitrogens with one attached hydrogen (secondary N) is 2. The molecule has 1 amide bonds.